The fourth-order valence-electron chi connectivity index (χ4n) is 3.70. The van der Waals surface area contributed by atoms with E-state index in [0.29, 0.717) is 16.3 Å². The van der Waals surface area contributed by atoms with E-state index in [1.165, 1.54) is 40.8 Å². The smallest absolute Gasteiger partial charge is 0.282 e. The van der Waals surface area contributed by atoms with Gasteiger partial charge < -0.3 is 0 Å². The predicted octanol–water partition coefficient (Wildman–Crippen LogP) is 2.09. The first-order valence-corrected chi connectivity index (χ1v) is 11.0. The van der Waals surface area contributed by atoms with Gasteiger partial charge in [0.25, 0.3) is 25.8 Å². The molecule has 0 spiro atoms. The molecule has 146 valence electrons. The van der Waals surface area contributed by atoms with Gasteiger partial charge in [-0.2, -0.15) is 16.8 Å². The number of imidazole rings is 1. The number of nitrogens with zero attached hydrogens (tertiary/aromatic N) is 2. The minimum atomic E-state index is -4.52. The molecular weight excluding hydrogens is 420 g/mol. The van der Waals surface area contributed by atoms with Crippen LogP contribution < -0.4 is 5.56 Å². The third kappa shape index (κ3) is 2.45. The van der Waals surface area contributed by atoms with Crippen LogP contribution in [0.25, 0.3) is 38.2 Å². The van der Waals surface area contributed by atoms with Crippen molar-refractivity contribution in [3.63, 3.8) is 0 Å². The number of hydrogen-bond acceptors (Lipinski definition) is 6. The van der Waals surface area contributed by atoms with Crippen molar-refractivity contribution in [2.75, 3.05) is 0 Å². The van der Waals surface area contributed by atoms with Crippen LogP contribution in [0.5, 0.6) is 0 Å². The largest absolute Gasteiger partial charge is 0.295 e. The molecule has 0 unspecified atom stereocenters. The SMILES string of the molecule is O=c1c2cccc3c(S(=O)(=O)O)ccc(c32)c2nc3cc(S(=O)(=O)O)ccc3n12. The van der Waals surface area contributed by atoms with Gasteiger partial charge in [0.2, 0.25) is 0 Å². The van der Waals surface area contributed by atoms with Crippen molar-refractivity contribution in [3.8, 4) is 0 Å². The second kappa shape index (κ2) is 5.48. The van der Waals surface area contributed by atoms with E-state index in [-0.39, 0.29) is 31.7 Å². The summed E-state index contributed by atoms with van der Waals surface area (Å²) in [7, 11) is -8.98. The van der Waals surface area contributed by atoms with Crippen molar-refractivity contribution in [1.82, 2.24) is 9.38 Å². The molecule has 0 fully saturated rings. The monoisotopic (exact) mass is 430 g/mol. The van der Waals surface area contributed by atoms with Crippen LogP contribution in [-0.4, -0.2) is 35.3 Å². The molecule has 0 aliphatic carbocycles. The lowest BCUT2D eigenvalue weighted by molar-refractivity contribution is 0.481. The molecule has 11 heteroatoms. The molecule has 3 aromatic carbocycles. The van der Waals surface area contributed by atoms with Gasteiger partial charge >= 0.3 is 0 Å². The Bertz CT molecular complexity index is 1770. The Morgan fingerprint density at radius 2 is 1.55 bits per heavy atom. The van der Waals surface area contributed by atoms with Crippen LogP contribution in [0.4, 0.5) is 0 Å². The van der Waals surface area contributed by atoms with Gasteiger partial charge in [-0.25, -0.2) is 4.98 Å². The minimum absolute atomic E-state index is 0.170. The zero-order valence-corrected chi connectivity index (χ0v) is 15.9. The Balaban J connectivity index is 2.06. The molecular formula is C18H10N2O7S2. The number of rotatable bonds is 2. The van der Waals surface area contributed by atoms with Crippen LogP contribution in [0, 0.1) is 0 Å². The van der Waals surface area contributed by atoms with Gasteiger partial charge in [-0.3, -0.25) is 18.3 Å². The maximum Gasteiger partial charge on any atom is 0.295 e. The van der Waals surface area contributed by atoms with Gasteiger partial charge in [0.05, 0.1) is 15.9 Å². The Hall–Kier alpha value is -3.12. The van der Waals surface area contributed by atoms with Crippen LogP contribution in [0.1, 0.15) is 0 Å². The molecule has 5 rings (SSSR count). The Morgan fingerprint density at radius 3 is 2.24 bits per heavy atom. The van der Waals surface area contributed by atoms with E-state index >= 15 is 0 Å². The third-order valence-electron chi connectivity index (χ3n) is 4.88. The molecule has 0 aliphatic heterocycles. The molecule has 0 saturated heterocycles. The van der Waals surface area contributed by atoms with Gasteiger partial charge in [-0.05, 0) is 36.4 Å². The molecule has 2 heterocycles. The normalized spacial score (nSPS) is 13.2. The Labute approximate surface area is 162 Å². The van der Waals surface area contributed by atoms with Crippen LogP contribution in [0.2, 0.25) is 0 Å². The summed E-state index contributed by atoms with van der Waals surface area (Å²) in [5, 5.41) is 1.17. The summed E-state index contributed by atoms with van der Waals surface area (Å²) in [5.74, 6) is 0. The highest BCUT2D eigenvalue weighted by Gasteiger charge is 2.21. The first-order chi connectivity index (χ1) is 13.6. The Kier molecular flexibility index (Phi) is 3.39. The van der Waals surface area contributed by atoms with Gasteiger partial charge in [-0.1, -0.05) is 12.1 Å². The molecule has 0 radical (unpaired) electrons. The molecule has 0 amide bonds. The molecule has 0 aliphatic rings. The van der Waals surface area contributed by atoms with Crippen molar-refractivity contribution in [1.29, 1.82) is 0 Å². The summed E-state index contributed by atoms with van der Waals surface area (Å²) in [6.45, 7) is 0. The maximum absolute atomic E-state index is 13.2. The quantitative estimate of drug-likeness (QED) is 0.405. The fraction of sp³-hybridized carbons (Fsp3) is 0. The standard InChI is InChI=1S/C18H10N2O7S2/c21-18-12-3-1-2-10-15(29(25,26)27)7-5-11(16(10)12)17-19-13-8-9(28(22,23)24)4-6-14(13)20(17)18/h1-8H,(H,22,23,24)(H,25,26,27). The second-order valence-electron chi connectivity index (χ2n) is 6.52. The molecule has 0 atom stereocenters. The van der Waals surface area contributed by atoms with E-state index in [1.54, 1.807) is 0 Å². The van der Waals surface area contributed by atoms with Gasteiger partial charge in [0, 0.05) is 21.5 Å². The minimum Gasteiger partial charge on any atom is -0.282 e. The summed E-state index contributed by atoms with van der Waals surface area (Å²) in [4.78, 5) is 16.8. The topological polar surface area (TPSA) is 143 Å². The van der Waals surface area contributed by atoms with Crippen molar-refractivity contribution in [2.24, 2.45) is 0 Å². The van der Waals surface area contributed by atoms with E-state index in [1.807, 2.05) is 0 Å². The third-order valence-corrected chi connectivity index (χ3v) is 6.64. The molecule has 0 saturated carbocycles. The van der Waals surface area contributed by atoms with Crippen LogP contribution in [-0.2, 0) is 20.2 Å². The zero-order chi connectivity index (χ0) is 20.7. The molecule has 9 nitrogen and oxygen atoms in total. The zero-order valence-electron chi connectivity index (χ0n) is 14.3. The van der Waals surface area contributed by atoms with Crippen LogP contribution in [0.3, 0.4) is 0 Å². The predicted molar refractivity (Wildman–Crippen MR) is 105 cm³/mol. The second-order valence-corrected chi connectivity index (χ2v) is 9.33. The van der Waals surface area contributed by atoms with Crippen LogP contribution in [0.15, 0.2) is 63.1 Å². The number of hydrogen-bond donors (Lipinski definition) is 2. The van der Waals surface area contributed by atoms with Crippen molar-refractivity contribution < 1.29 is 25.9 Å². The van der Waals surface area contributed by atoms with E-state index < -0.39 is 25.8 Å². The Morgan fingerprint density at radius 1 is 0.828 bits per heavy atom. The average Bonchev–Trinajstić information content (AvgIpc) is 3.03. The highest BCUT2D eigenvalue weighted by Crippen LogP contribution is 2.33. The van der Waals surface area contributed by atoms with Crippen LogP contribution >= 0.6 is 0 Å². The number of aromatic nitrogens is 2. The maximum atomic E-state index is 13.2. The van der Waals surface area contributed by atoms with E-state index in [4.69, 9.17) is 0 Å². The van der Waals surface area contributed by atoms with Crippen molar-refractivity contribution >= 4 is 58.5 Å². The number of pyridine rings is 1. The van der Waals surface area contributed by atoms with E-state index in [0.717, 1.165) is 12.1 Å². The number of fused-ring (bicyclic) bond motifs is 4. The summed E-state index contributed by atoms with van der Waals surface area (Å²) >= 11 is 0. The fourth-order valence-corrected chi connectivity index (χ4v) is 4.89. The van der Waals surface area contributed by atoms with E-state index in [9.17, 15) is 30.7 Å². The average molecular weight is 430 g/mol. The number of benzene rings is 3. The van der Waals surface area contributed by atoms with Crippen molar-refractivity contribution in [3.05, 3.63) is 58.9 Å². The first kappa shape index (κ1) is 17.9. The summed E-state index contributed by atoms with van der Waals surface area (Å²) in [6, 6.07) is 10.9. The highest BCUT2D eigenvalue weighted by atomic mass is 32.2. The summed E-state index contributed by atoms with van der Waals surface area (Å²) < 4.78 is 66.4. The lowest BCUT2D eigenvalue weighted by Crippen LogP contribution is -2.13. The molecule has 2 N–H and O–H groups in total. The molecule has 5 aromatic rings. The van der Waals surface area contributed by atoms with Gasteiger partial charge in [-0.15, -0.1) is 0 Å². The van der Waals surface area contributed by atoms with E-state index in [2.05, 4.69) is 4.98 Å². The summed E-state index contributed by atoms with van der Waals surface area (Å²) in [6.07, 6.45) is 0. The highest BCUT2D eigenvalue weighted by molar-refractivity contribution is 7.86. The lowest BCUT2D eigenvalue weighted by Gasteiger charge is -2.09. The molecule has 2 aromatic heterocycles. The van der Waals surface area contributed by atoms with Gasteiger partial charge in [0.1, 0.15) is 10.5 Å². The molecule has 29 heavy (non-hydrogen) atoms. The van der Waals surface area contributed by atoms with Gasteiger partial charge in [0.15, 0.2) is 0 Å². The molecule has 0 bridgehead atoms. The van der Waals surface area contributed by atoms with Crippen molar-refractivity contribution in [2.45, 2.75) is 9.79 Å². The first-order valence-electron chi connectivity index (χ1n) is 8.15. The summed E-state index contributed by atoms with van der Waals surface area (Å²) in [5.41, 5.74) is 0.220. The lowest BCUT2D eigenvalue weighted by atomic mass is 10.0.